The standard InChI is InChI=1S/C15H12N2O4S2/c1-9-3-6-13(10(2)7-9)22-15-12-5-4-11(17(18)19)8-14(12)23(20,21)16-15/h3-8H,1-2H3. The molecule has 0 N–H and O–H groups in total. The van der Waals surface area contributed by atoms with Crippen LogP contribution in [0.2, 0.25) is 0 Å². The Morgan fingerprint density at radius 2 is 1.87 bits per heavy atom. The third-order valence-corrected chi connectivity index (χ3v) is 6.04. The molecule has 1 aliphatic rings. The first kappa shape index (κ1) is 15.7. The van der Waals surface area contributed by atoms with Crippen LogP contribution in [0.25, 0.3) is 0 Å². The lowest BCUT2D eigenvalue weighted by atomic mass is 10.2. The molecule has 0 aliphatic carbocycles. The van der Waals surface area contributed by atoms with Crippen LogP contribution in [0, 0.1) is 24.0 Å². The predicted molar refractivity (Wildman–Crippen MR) is 88.6 cm³/mol. The highest BCUT2D eigenvalue weighted by Gasteiger charge is 2.31. The van der Waals surface area contributed by atoms with Crippen LogP contribution in [0.4, 0.5) is 5.69 Å². The molecule has 0 saturated carbocycles. The Balaban J connectivity index is 2.05. The van der Waals surface area contributed by atoms with E-state index in [1.807, 2.05) is 32.0 Å². The Labute approximate surface area is 137 Å². The van der Waals surface area contributed by atoms with Gasteiger partial charge in [0.25, 0.3) is 15.7 Å². The normalized spacial score (nSPS) is 15.1. The van der Waals surface area contributed by atoms with Crippen molar-refractivity contribution >= 4 is 32.5 Å². The van der Waals surface area contributed by atoms with Gasteiger partial charge >= 0.3 is 0 Å². The molecule has 118 valence electrons. The summed E-state index contributed by atoms with van der Waals surface area (Å²) in [5, 5.41) is 11.2. The molecule has 3 rings (SSSR count). The van der Waals surface area contributed by atoms with Crippen molar-refractivity contribution in [2.24, 2.45) is 4.40 Å². The van der Waals surface area contributed by atoms with E-state index >= 15 is 0 Å². The van der Waals surface area contributed by atoms with E-state index < -0.39 is 14.9 Å². The zero-order valence-corrected chi connectivity index (χ0v) is 13.9. The van der Waals surface area contributed by atoms with Gasteiger partial charge in [-0.1, -0.05) is 29.5 Å². The van der Waals surface area contributed by atoms with E-state index in [0.29, 0.717) is 10.6 Å². The molecule has 0 saturated heterocycles. The van der Waals surface area contributed by atoms with Crippen LogP contribution in [-0.4, -0.2) is 18.4 Å². The molecule has 0 radical (unpaired) electrons. The number of rotatable bonds is 2. The highest BCUT2D eigenvalue weighted by molar-refractivity contribution is 8.15. The van der Waals surface area contributed by atoms with Gasteiger partial charge in [0.1, 0.15) is 9.94 Å². The molecule has 6 nitrogen and oxygen atoms in total. The quantitative estimate of drug-likeness (QED) is 0.612. The van der Waals surface area contributed by atoms with Crippen LogP contribution in [0.5, 0.6) is 0 Å². The number of aryl methyl sites for hydroxylation is 2. The van der Waals surface area contributed by atoms with Gasteiger partial charge in [-0.2, -0.15) is 12.8 Å². The van der Waals surface area contributed by atoms with E-state index in [9.17, 15) is 18.5 Å². The maximum Gasteiger partial charge on any atom is 0.284 e. The number of sulfonamides is 1. The summed E-state index contributed by atoms with van der Waals surface area (Å²) < 4.78 is 28.1. The largest absolute Gasteiger partial charge is 0.284 e. The first-order valence-corrected chi connectivity index (χ1v) is 8.92. The second-order valence-corrected chi connectivity index (χ2v) is 7.78. The number of nitrogens with zero attached hydrogens (tertiary/aromatic N) is 2. The number of non-ortho nitro benzene ring substituents is 1. The Bertz CT molecular complexity index is 965. The summed E-state index contributed by atoms with van der Waals surface area (Å²) in [4.78, 5) is 11.0. The van der Waals surface area contributed by atoms with Gasteiger partial charge in [0.2, 0.25) is 0 Å². The first-order chi connectivity index (χ1) is 10.8. The lowest BCUT2D eigenvalue weighted by molar-refractivity contribution is -0.385. The van der Waals surface area contributed by atoms with Crippen molar-refractivity contribution in [2.45, 2.75) is 23.6 Å². The molecule has 2 aromatic rings. The molecule has 0 fully saturated rings. The number of nitro benzene ring substituents is 1. The SMILES string of the molecule is Cc1ccc(SC2=NS(=O)(=O)c3cc([N+](=O)[O-])ccc32)c(C)c1. The molecule has 8 heteroatoms. The highest BCUT2D eigenvalue weighted by Crippen LogP contribution is 2.37. The van der Waals surface area contributed by atoms with Crippen LogP contribution in [0.15, 0.2) is 50.6 Å². The number of fused-ring (bicyclic) bond motifs is 1. The fourth-order valence-electron chi connectivity index (χ4n) is 2.31. The second-order valence-electron chi connectivity index (χ2n) is 5.18. The minimum Gasteiger partial charge on any atom is -0.258 e. The monoisotopic (exact) mass is 348 g/mol. The van der Waals surface area contributed by atoms with Gasteiger partial charge in [0.05, 0.1) is 4.92 Å². The van der Waals surface area contributed by atoms with E-state index in [2.05, 4.69) is 4.40 Å². The van der Waals surface area contributed by atoms with Gasteiger partial charge in [-0.15, -0.1) is 0 Å². The van der Waals surface area contributed by atoms with E-state index in [1.54, 1.807) is 0 Å². The summed E-state index contributed by atoms with van der Waals surface area (Å²) in [5.41, 5.74) is 2.27. The Hall–Kier alpha value is -2.19. The summed E-state index contributed by atoms with van der Waals surface area (Å²) in [6.45, 7) is 3.92. The van der Waals surface area contributed by atoms with Gasteiger partial charge in [-0.05, 0) is 31.5 Å². The van der Waals surface area contributed by atoms with Gasteiger partial charge < -0.3 is 0 Å². The molecular weight excluding hydrogens is 336 g/mol. The molecule has 0 unspecified atom stereocenters. The van der Waals surface area contributed by atoms with Gasteiger partial charge in [-0.25, -0.2) is 0 Å². The molecule has 0 amide bonds. The molecule has 1 aliphatic heterocycles. The molecule has 0 bridgehead atoms. The van der Waals surface area contributed by atoms with E-state index in [0.717, 1.165) is 22.1 Å². The summed E-state index contributed by atoms with van der Waals surface area (Å²) in [6, 6.07) is 9.64. The van der Waals surface area contributed by atoms with Gasteiger partial charge in [0.15, 0.2) is 0 Å². The molecule has 0 atom stereocenters. The van der Waals surface area contributed by atoms with Crippen molar-refractivity contribution in [1.82, 2.24) is 0 Å². The fourth-order valence-corrected chi connectivity index (χ4v) is 4.80. The average Bonchev–Trinajstić information content (AvgIpc) is 2.73. The zero-order valence-electron chi connectivity index (χ0n) is 12.3. The van der Waals surface area contributed by atoms with Crippen LogP contribution < -0.4 is 0 Å². The van der Waals surface area contributed by atoms with Crippen LogP contribution in [-0.2, 0) is 10.0 Å². The van der Waals surface area contributed by atoms with E-state index in [4.69, 9.17) is 0 Å². The molecule has 0 aromatic heterocycles. The second kappa shape index (κ2) is 5.47. The van der Waals surface area contributed by atoms with E-state index in [1.165, 1.54) is 23.9 Å². The van der Waals surface area contributed by atoms with Crippen LogP contribution in [0.3, 0.4) is 0 Å². The Kier molecular flexibility index (Phi) is 3.73. The summed E-state index contributed by atoms with van der Waals surface area (Å²) >= 11 is 1.25. The van der Waals surface area contributed by atoms with Crippen LogP contribution >= 0.6 is 11.8 Å². The number of thioether (sulfide) groups is 1. The zero-order chi connectivity index (χ0) is 16.8. The summed E-state index contributed by atoms with van der Waals surface area (Å²) in [7, 11) is -3.89. The Morgan fingerprint density at radius 3 is 2.52 bits per heavy atom. The maximum absolute atomic E-state index is 12.1. The number of benzene rings is 2. The highest BCUT2D eigenvalue weighted by atomic mass is 32.2. The summed E-state index contributed by atoms with van der Waals surface area (Å²) in [5.74, 6) is 0. The van der Waals surface area contributed by atoms with Crippen LogP contribution in [0.1, 0.15) is 16.7 Å². The number of nitro groups is 1. The average molecular weight is 348 g/mol. The first-order valence-electron chi connectivity index (χ1n) is 6.67. The number of hydrogen-bond donors (Lipinski definition) is 0. The third kappa shape index (κ3) is 2.87. The van der Waals surface area contributed by atoms with Crippen molar-refractivity contribution in [3.8, 4) is 0 Å². The summed E-state index contributed by atoms with van der Waals surface area (Å²) in [6.07, 6.45) is 0. The van der Waals surface area contributed by atoms with Crippen molar-refractivity contribution < 1.29 is 13.3 Å². The minimum atomic E-state index is -3.89. The molecular formula is C15H12N2O4S2. The van der Waals surface area contributed by atoms with Crippen molar-refractivity contribution in [3.05, 3.63) is 63.2 Å². The molecule has 0 spiro atoms. The Morgan fingerprint density at radius 1 is 1.13 bits per heavy atom. The lowest BCUT2D eigenvalue weighted by Gasteiger charge is -2.06. The molecule has 2 aromatic carbocycles. The number of hydrogen-bond acceptors (Lipinski definition) is 5. The maximum atomic E-state index is 12.1. The molecule has 1 heterocycles. The van der Waals surface area contributed by atoms with Gasteiger partial charge in [0, 0.05) is 22.6 Å². The lowest BCUT2D eigenvalue weighted by Crippen LogP contribution is -1.97. The minimum absolute atomic E-state index is 0.112. The van der Waals surface area contributed by atoms with Crippen molar-refractivity contribution in [3.63, 3.8) is 0 Å². The predicted octanol–water partition coefficient (Wildman–Crippen LogP) is 3.45. The fraction of sp³-hybridized carbons (Fsp3) is 0.133. The van der Waals surface area contributed by atoms with Crippen molar-refractivity contribution in [1.29, 1.82) is 0 Å². The van der Waals surface area contributed by atoms with Gasteiger partial charge in [-0.3, -0.25) is 10.1 Å². The van der Waals surface area contributed by atoms with Crippen molar-refractivity contribution in [2.75, 3.05) is 0 Å². The topological polar surface area (TPSA) is 89.6 Å². The smallest absolute Gasteiger partial charge is 0.258 e. The van der Waals surface area contributed by atoms with E-state index in [-0.39, 0.29) is 10.6 Å². The third-order valence-electron chi connectivity index (χ3n) is 3.42. The molecule has 23 heavy (non-hydrogen) atoms.